The summed E-state index contributed by atoms with van der Waals surface area (Å²) in [5.41, 5.74) is -0.520. The maximum absolute atomic E-state index is 13.6. The molecule has 1 heterocycles. The van der Waals surface area contributed by atoms with Gasteiger partial charge in [0, 0.05) is 25.2 Å². The average molecular weight is 306 g/mol. The van der Waals surface area contributed by atoms with Gasteiger partial charge in [-0.15, -0.1) is 0 Å². The summed E-state index contributed by atoms with van der Waals surface area (Å²) in [6.45, 7) is 2.18. The van der Waals surface area contributed by atoms with E-state index >= 15 is 0 Å². The third-order valence-corrected chi connectivity index (χ3v) is 4.29. The Balaban J connectivity index is 1.61. The molecule has 0 unspecified atom stereocenters. The molecule has 3 rings (SSSR count). The van der Waals surface area contributed by atoms with Crippen molar-refractivity contribution < 1.29 is 18.7 Å². The molecule has 2 fully saturated rings. The molecule has 1 aromatic carbocycles. The van der Waals surface area contributed by atoms with Crippen LogP contribution in [0.25, 0.3) is 0 Å². The zero-order chi connectivity index (χ0) is 15.6. The maximum atomic E-state index is 13.6. The number of carbonyl (C=O) groups is 2. The van der Waals surface area contributed by atoms with Crippen molar-refractivity contribution in [3.05, 3.63) is 35.6 Å². The number of halogens is 1. The Hall–Kier alpha value is -1.95. The molecule has 1 saturated heterocycles. The number of benzene rings is 1. The highest BCUT2D eigenvalue weighted by Gasteiger charge is 2.57. The molecule has 6 heteroatoms. The Morgan fingerprint density at radius 2 is 1.91 bits per heavy atom. The van der Waals surface area contributed by atoms with Crippen LogP contribution in [0.5, 0.6) is 0 Å². The van der Waals surface area contributed by atoms with Crippen LogP contribution in [0.4, 0.5) is 4.39 Å². The van der Waals surface area contributed by atoms with Gasteiger partial charge in [-0.2, -0.15) is 0 Å². The zero-order valence-electron chi connectivity index (χ0n) is 12.3. The minimum Gasteiger partial charge on any atom is -0.378 e. The van der Waals surface area contributed by atoms with Gasteiger partial charge in [0.2, 0.25) is 11.8 Å². The van der Waals surface area contributed by atoms with Crippen molar-refractivity contribution >= 4 is 11.8 Å². The van der Waals surface area contributed by atoms with E-state index in [-0.39, 0.29) is 24.2 Å². The quantitative estimate of drug-likeness (QED) is 0.847. The lowest BCUT2D eigenvalue weighted by molar-refractivity contribution is -0.147. The van der Waals surface area contributed by atoms with Crippen LogP contribution in [0.15, 0.2) is 24.3 Å². The molecule has 1 aliphatic carbocycles. The van der Waals surface area contributed by atoms with Gasteiger partial charge in [0.25, 0.3) is 0 Å². The number of nitrogens with zero attached hydrogens (tertiary/aromatic N) is 1. The van der Waals surface area contributed by atoms with E-state index in [1.54, 1.807) is 23.1 Å². The maximum Gasteiger partial charge on any atom is 0.238 e. The van der Waals surface area contributed by atoms with Crippen LogP contribution in [0.1, 0.15) is 18.4 Å². The summed E-state index contributed by atoms with van der Waals surface area (Å²) in [5.74, 6) is -0.777. The van der Waals surface area contributed by atoms with E-state index in [4.69, 9.17) is 4.74 Å². The average Bonchev–Trinajstić information content (AvgIpc) is 3.36. The third-order valence-electron chi connectivity index (χ3n) is 4.29. The molecule has 0 bridgehead atoms. The molecular formula is C16H19FN2O3. The second-order valence-electron chi connectivity index (χ2n) is 5.76. The second-order valence-corrected chi connectivity index (χ2v) is 5.76. The van der Waals surface area contributed by atoms with E-state index in [2.05, 4.69) is 5.32 Å². The van der Waals surface area contributed by atoms with Crippen molar-refractivity contribution in [3.8, 4) is 0 Å². The van der Waals surface area contributed by atoms with Crippen LogP contribution in [-0.4, -0.2) is 43.0 Å². The fourth-order valence-electron chi connectivity index (χ4n) is 2.72. The molecule has 1 saturated carbocycles. The summed E-state index contributed by atoms with van der Waals surface area (Å²) in [5, 5.41) is 2.70. The zero-order valence-corrected chi connectivity index (χ0v) is 12.3. The van der Waals surface area contributed by atoms with Crippen molar-refractivity contribution in [2.45, 2.75) is 19.4 Å². The Morgan fingerprint density at radius 3 is 2.55 bits per heavy atom. The van der Waals surface area contributed by atoms with Gasteiger partial charge in [-0.3, -0.25) is 9.59 Å². The van der Waals surface area contributed by atoms with E-state index in [9.17, 15) is 14.0 Å². The summed E-state index contributed by atoms with van der Waals surface area (Å²) in [6.07, 6.45) is 1.12. The molecule has 1 aliphatic heterocycles. The first-order chi connectivity index (χ1) is 10.6. The standard InChI is InChI=1S/C16H19FN2O3/c17-13-4-2-1-3-12(13)11-18-14(20)16(5-6-16)15(21)19-7-9-22-10-8-19/h1-4H,5-11H2,(H,18,20). The SMILES string of the molecule is O=C(NCc1ccccc1F)C1(C(=O)N2CCOCC2)CC1. The van der Waals surface area contributed by atoms with Gasteiger partial charge in [0.15, 0.2) is 0 Å². The third kappa shape index (κ3) is 2.83. The first-order valence-electron chi connectivity index (χ1n) is 7.52. The Morgan fingerprint density at radius 1 is 1.23 bits per heavy atom. The van der Waals surface area contributed by atoms with Crippen molar-refractivity contribution in [3.63, 3.8) is 0 Å². The first kappa shape index (κ1) is 15.0. The fraction of sp³-hybridized carbons (Fsp3) is 0.500. The van der Waals surface area contributed by atoms with Crippen LogP contribution in [0, 0.1) is 11.2 Å². The van der Waals surface area contributed by atoms with Crippen molar-refractivity contribution in [1.82, 2.24) is 10.2 Å². The predicted molar refractivity (Wildman–Crippen MR) is 77.3 cm³/mol. The molecule has 22 heavy (non-hydrogen) atoms. The van der Waals surface area contributed by atoms with Crippen LogP contribution < -0.4 is 5.32 Å². The van der Waals surface area contributed by atoms with E-state index in [1.807, 2.05) is 0 Å². The molecule has 0 spiro atoms. The lowest BCUT2D eigenvalue weighted by Crippen LogP contribution is -2.49. The largest absolute Gasteiger partial charge is 0.378 e. The number of amides is 2. The van der Waals surface area contributed by atoms with Gasteiger partial charge < -0.3 is 15.0 Å². The van der Waals surface area contributed by atoms with Crippen LogP contribution in [0.2, 0.25) is 0 Å². The Labute approximate surface area is 128 Å². The number of hydrogen-bond acceptors (Lipinski definition) is 3. The normalized spacial score (nSPS) is 19.6. The lowest BCUT2D eigenvalue weighted by Gasteiger charge is -2.30. The molecule has 5 nitrogen and oxygen atoms in total. The van der Waals surface area contributed by atoms with Gasteiger partial charge >= 0.3 is 0 Å². The van der Waals surface area contributed by atoms with Crippen LogP contribution >= 0.6 is 0 Å². The fourth-order valence-corrected chi connectivity index (χ4v) is 2.72. The molecule has 2 amide bonds. The van der Waals surface area contributed by atoms with Crippen LogP contribution in [-0.2, 0) is 20.9 Å². The topological polar surface area (TPSA) is 58.6 Å². The number of rotatable bonds is 4. The molecule has 1 aromatic rings. The Kier molecular flexibility index (Phi) is 4.11. The van der Waals surface area contributed by atoms with Gasteiger partial charge in [0.05, 0.1) is 13.2 Å². The molecule has 0 atom stereocenters. The minimum atomic E-state index is -0.942. The Bertz CT molecular complexity index is 581. The van der Waals surface area contributed by atoms with Gasteiger partial charge in [-0.1, -0.05) is 18.2 Å². The smallest absolute Gasteiger partial charge is 0.238 e. The summed E-state index contributed by atoms with van der Waals surface area (Å²) < 4.78 is 18.8. The highest BCUT2D eigenvalue weighted by molar-refractivity contribution is 6.07. The second kappa shape index (κ2) is 6.04. The monoisotopic (exact) mass is 306 g/mol. The van der Waals surface area contributed by atoms with Crippen molar-refractivity contribution in [1.29, 1.82) is 0 Å². The number of hydrogen-bond donors (Lipinski definition) is 1. The summed E-state index contributed by atoms with van der Waals surface area (Å²) in [7, 11) is 0. The van der Waals surface area contributed by atoms with E-state index < -0.39 is 5.41 Å². The van der Waals surface area contributed by atoms with Crippen molar-refractivity contribution in [2.24, 2.45) is 5.41 Å². The number of carbonyl (C=O) groups excluding carboxylic acids is 2. The highest BCUT2D eigenvalue weighted by atomic mass is 19.1. The minimum absolute atomic E-state index is 0.101. The molecule has 0 aromatic heterocycles. The number of morpholine rings is 1. The summed E-state index contributed by atoms with van der Waals surface area (Å²) >= 11 is 0. The molecule has 118 valence electrons. The highest BCUT2D eigenvalue weighted by Crippen LogP contribution is 2.47. The van der Waals surface area contributed by atoms with Gasteiger partial charge in [-0.25, -0.2) is 4.39 Å². The molecule has 2 aliphatic rings. The summed E-state index contributed by atoms with van der Waals surface area (Å²) in [4.78, 5) is 26.6. The van der Waals surface area contributed by atoms with E-state index in [1.165, 1.54) is 6.07 Å². The number of ether oxygens (including phenoxy) is 1. The molecule has 1 N–H and O–H groups in total. The van der Waals surface area contributed by atoms with E-state index in [0.717, 1.165) is 0 Å². The van der Waals surface area contributed by atoms with Gasteiger partial charge in [-0.05, 0) is 18.9 Å². The molecular weight excluding hydrogens is 287 g/mol. The molecule has 0 radical (unpaired) electrons. The first-order valence-corrected chi connectivity index (χ1v) is 7.52. The van der Waals surface area contributed by atoms with E-state index in [0.29, 0.717) is 44.7 Å². The van der Waals surface area contributed by atoms with Crippen molar-refractivity contribution in [2.75, 3.05) is 26.3 Å². The van der Waals surface area contributed by atoms with Crippen LogP contribution in [0.3, 0.4) is 0 Å². The predicted octanol–water partition coefficient (Wildman–Crippen LogP) is 1.08. The van der Waals surface area contributed by atoms with Gasteiger partial charge in [0.1, 0.15) is 11.2 Å². The number of nitrogens with one attached hydrogen (secondary N) is 1. The summed E-state index contributed by atoms with van der Waals surface area (Å²) in [6, 6.07) is 6.30. The lowest BCUT2D eigenvalue weighted by atomic mass is 10.0.